The van der Waals surface area contributed by atoms with Crippen LogP contribution in [0.15, 0.2) is 30.5 Å². The van der Waals surface area contributed by atoms with Crippen molar-refractivity contribution in [2.24, 2.45) is 5.92 Å². The Morgan fingerprint density at radius 2 is 0.813 bits per heavy atom. The van der Waals surface area contributed by atoms with Gasteiger partial charge in [0, 0.05) is 39.7 Å². The van der Waals surface area contributed by atoms with Crippen LogP contribution >= 0.6 is 0 Å². The number of carbonyl (C=O) groups excluding carboxylic acids is 5. The summed E-state index contributed by atoms with van der Waals surface area (Å²) in [5.74, 6) is -5.22. The van der Waals surface area contributed by atoms with E-state index in [9.17, 15) is 88.9 Å². The van der Waals surface area contributed by atoms with Gasteiger partial charge in [-0.05, 0) is 73.4 Å². The first-order chi connectivity index (χ1) is 49.8. The van der Waals surface area contributed by atoms with Gasteiger partial charge in [-0.25, -0.2) is 4.68 Å². The smallest absolute Gasteiger partial charge is 0.321 e. The number of carbonyl (C=O) groups is 5. The second-order valence-corrected chi connectivity index (χ2v) is 27.4. The molecule has 5 aliphatic heterocycles. The van der Waals surface area contributed by atoms with E-state index in [0.717, 1.165) is 11.5 Å². The zero-order chi connectivity index (χ0) is 81.8. The lowest BCUT2D eigenvalue weighted by molar-refractivity contribution is -0.279. The summed E-state index contributed by atoms with van der Waals surface area (Å²) in [5, 5.41) is 166. The highest BCUT2D eigenvalue weighted by atomic mass is 19.3. The van der Waals surface area contributed by atoms with Crippen LogP contribution in [0.4, 0.5) is 8.78 Å². The van der Waals surface area contributed by atoms with E-state index in [2.05, 4.69) is 52.4 Å². The van der Waals surface area contributed by atoms with Crippen molar-refractivity contribution in [1.82, 2.24) is 41.6 Å². The molecule has 0 saturated carbocycles. The first kappa shape index (κ1) is 97.5. The molecule has 0 spiro atoms. The molecule has 2 aromatic rings. The van der Waals surface area contributed by atoms with E-state index < -0.39 is 203 Å². The molecule has 5 aliphatic rings. The van der Waals surface area contributed by atoms with Crippen LogP contribution in [0.3, 0.4) is 0 Å². The minimum atomic E-state index is -3.65. The molecule has 40 heteroatoms. The van der Waals surface area contributed by atoms with Crippen molar-refractivity contribution in [3.63, 3.8) is 0 Å². The highest BCUT2D eigenvalue weighted by molar-refractivity contribution is 5.83. The van der Waals surface area contributed by atoms with Gasteiger partial charge in [0.1, 0.15) is 133 Å². The monoisotopic (exact) mass is 1550 g/mol. The van der Waals surface area contributed by atoms with Gasteiger partial charge < -0.3 is 151 Å². The third kappa shape index (κ3) is 31.6. The van der Waals surface area contributed by atoms with Crippen molar-refractivity contribution in [3.05, 3.63) is 30.5 Å². The van der Waals surface area contributed by atoms with E-state index in [-0.39, 0.29) is 49.0 Å². The summed E-state index contributed by atoms with van der Waals surface area (Å²) in [6, 6.07) is 2.20. The maximum absolute atomic E-state index is 12.9. The van der Waals surface area contributed by atoms with E-state index in [1.54, 1.807) is 75.6 Å². The Bertz CT molecular complexity index is 2850. The Kier molecular flexibility index (Phi) is 42.8. The quantitative estimate of drug-likeness (QED) is 0.0495. The third-order valence-electron chi connectivity index (χ3n) is 15.6. The Balaban J connectivity index is 0.000000452. The number of hydrogen-bond acceptors (Lipinski definition) is 32. The van der Waals surface area contributed by atoms with Crippen molar-refractivity contribution in [3.8, 4) is 17.0 Å². The number of halogens is 2. The predicted molar refractivity (Wildman–Crippen MR) is 369 cm³/mol. The second-order valence-electron chi connectivity index (χ2n) is 27.4. The van der Waals surface area contributed by atoms with Crippen LogP contribution in [0, 0.1) is 5.92 Å². The van der Waals surface area contributed by atoms with E-state index in [4.69, 9.17) is 67.8 Å². The number of alkyl halides is 2. The van der Waals surface area contributed by atoms with Crippen molar-refractivity contribution >= 4 is 29.5 Å². The molecule has 5 amide bonds. The van der Waals surface area contributed by atoms with Crippen LogP contribution in [0.25, 0.3) is 11.3 Å². The summed E-state index contributed by atoms with van der Waals surface area (Å²) < 4.78 is 80.8. The lowest BCUT2D eigenvalue weighted by Gasteiger charge is -2.43. The molecule has 5 saturated heterocycles. The summed E-state index contributed by atoms with van der Waals surface area (Å²) in [6.07, 6.45) is -22.9. The molecule has 38 nitrogen and oxygen atoms in total. The number of aromatic nitrogens is 3. The molecule has 1 aromatic carbocycles. The van der Waals surface area contributed by atoms with Gasteiger partial charge in [-0.2, -0.15) is 8.78 Å². The zero-order valence-electron chi connectivity index (χ0n) is 63.4. The van der Waals surface area contributed by atoms with Crippen LogP contribution in [0.2, 0.25) is 0 Å². The van der Waals surface area contributed by atoms with E-state index in [1.165, 1.54) is 25.5 Å². The summed E-state index contributed by atoms with van der Waals surface area (Å²) >= 11 is 0. The Labute approximate surface area is 620 Å². The lowest BCUT2D eigenvalue weighted by atomic mass is 9.96. The van der Waals surface area contributed by atoms with Crippen molar-refractivity contribution < 1.29 is 157 Å². The van der Waals surface area contributed by atoms with Crippen molar-refractivity contribution in [1.29, 1.82) is 0 Å². The fourth-order valence-corrected chi connectivity index (χ4v) is 10.5. The first-order valence-electron chi connectivity index (χ1n) is 35.0. The summed E-state index contributed by atoms with van der Waals surface area (Å²) in [5.41, 5.74) is 1.40. The van der Waals surface area contributed by atoms with Gasteiger partial charge in [-0.3, -0.25) is 24.0 Å². The fraction of sp³-hybridized carbons (Fsp3) is 0.806. The Morgan fingerprint density at radius 1 is 0.495 bits per heavy atom. The SMILES string of the molecule is CC(=O)N[C@H]1C(OC(C)C)O[C@H](CO)[C@H](O)[C@@H]1O.CC(=O)N[C@H]1C(OC(C)C)O[C@H](CO)[C@H](O)[C@@H]1O.CC(C)C.CC(C)OC1O[C@H](CO)[C@H](O)[C@H](O)[C@H]1NC(=O)C(C)(F)F.CCC(=O)N[C@H]1C(OC(C)C)O[C@H](CO)[C@H](O)[C@@H]1O.COc1cccc(-c2cn(C[C@H]3OC(O)[C@H](NC(C)=O)[C@@H](O)[C@H]3O)nn2)c1. The van der Waals surface area contributed by atoms with Gasteiger partial charge in [0.15, 0.2) is 31.5 Å². The molecule has 620 valence electrons. The Hall–Kier alpha value is -5.59. The van der Waals surface area contributed by atoms with Crippen molar-refractivity contribution in [2.75, 3.05) is 33.5 Å². The first-order valence-corrected chi connectivity index (χ1v) is 35.0. The van der Waals surface area contributed by atoms with Gasteiger partial charge >= 0.3 is 5.92 Å². The Morgan fingerprint density at radius 3 is 1.12 bits per heavy atom. The van der Waals surface area contributed by atoms with Gasteiger partial charge in [0.2, 0.25) is 23.6 Å². The largest absolute Gasteiger partial charge is 0.497 e. The number of nitrogens with zero attached hydrogens (tertiary/aromatic N) is 3. The number of amides is 5. The van der Waals surface area contributed by atoms with E-state index in [1.807, 2.05) is 29.6 Å². The average molecular weight is 1550 g/mol. The molecule has 7 rings (SSSR count). The van der Waals surface area contributed by atoms with Crippen LogP contribution < -0.4 is 31.3 Å². The standard InChI is InChI=1S/C17H22N4O6.C12H21F2NO6.C12H23NO6.2C11H21NO6.C4H10/c1-9(22)18-14-16(24)15(23)13(27-17(14)25)8-21-7-12(19-20-21)10-4-3-5-11(6-10)26-2;1-5(2)20-10-7(15-11(19)12(3,13)14)9(18)8(17)6(4-16)21-10;1-4-8(15)13-9-11(17)10(16)7(5-14)19-12(9)18-6(2)3;2*1-5(2)17-11-8(12-6(3)14)10(16)9(15)7(4-13)18-11;1-4(2)3/h3-7,13-17,23-25H,8H2,1-2H3,(H,18,22);5-10,16-18H,4H2,1-3H3,(H,15,19);6-7,9-12,14,16-17H,4-5H2,1-3H3,(H,13,15);2*5,7-11,13,15-16H,4H2,1-3H3,(H,12,14);4H,1-3H3/t13-,14-,15+,16-,17?;6-,7-,8+,9-,10?;7-,9-,10+,11-,12?;2*7-,8-,9+,10-,11?;/m11111./s1. The minimum Gasteiger partial charge on any atom is -0.497 e. The molecule has 5 unspecified atom stereocenters. The highest BCUT2D eigenvalue weighted by Crippen LogP contribution is 2.29. The molecule has 1 aromatic heterocycles. The number of aliphatic hydroxyl groups excluding tert-OH is 15. The third-order valence-corrected chi connectivity index (χ3v) is 15.6. The number of aliphatic hydroxyl groups is 15. The molecular weight excluding hydrogens is 1430 g/mol. The molecule has 0 radical (unpaired) electrons. The van der Waals surface area contributed by atoms with Gasteiger partial charge in [0.05, 0.1) is 70.7 Å². The van der Waals surface area contributed by atoms with E-state index in [0.29, 0.717) is 18.4 Å². The number of hydrogen-bond donors (Lipinski definition) is 20. The minimum absolute atomic E-state index is 0.0546. The van der Waals surface area contributed by atoms with E-state index >= 15 is 0 Å². The molecule has 0 bridgehead atoms. The van der Waals surface area contributed by atoms with Crippen LogP contribution in [0.1, 0.15) is 117 Å². The summed E-state index contributed by atoms with van der Waals surface area (Å²) in [4.78, 5) is 56.1. The predicted octanol–water partition coefficient (Wildman–Crippen LogP) is -4.99. The molecule has 25 atom stereocenters. The average Bonchev–Trinajstić information content (AvgIpc) is 1.45. The number of nitrogens with one attached hydrogen (secondary N) is 5. The number of benzene rings is 1. The molecule has 107 heavy (non-hydrogen) atoms. The maximum atomic E-state index is 12.9. The number of rotatable bonds is 23. The summed E-state index contributed by atoms with van der Waals surface area (Å²) in [6.45, 7) is 24.5. The summed E-state index contributed by atoms with van der Waals surface area (Å²) in [7, 11) is 1.57. The van der Waals surface area contributed by atoms with Crippen LogP contribution in [-0.2, 0) is 73.1 Å². The topological polar surface area (TPSA) is 572 Å². The zero-order valence-corrected chi connectivity index (χ0v) is 63.4. The van der Waals surface area contributed by atoms with Crippen molar-refractivity contribution in [2.45, 2.75) is 307 Å². The fourth-order valence-electron chi connectivity index (χ4n) is 10.5. The van der Waals surface area contributed by atoms with Crippen LogP contribution in [-0.4, -0.2) is 338 Å². The normalized spacial score (nSPS) is 32.7. The molecule has 20 N–H and O–H groups in total. The molecular formula is C67H118F2N8O30. The highest BCUT2D eigenvalue weighted by Gasteiger charge is 2.51. The number of methoxy groups -OCH3 is 1. The number of ether oxygens (including phenoxy) is 10. The van der Waals surface area contributed by atoms with Gasteiger partial charge in [0.25, 0.3) is 5.91 Å². The maximum Gasteiger partial charge on any atom is 0.321 e. The van der Waals surface area contributed by atoms with Gasteiger partial charge in [-0.15, -0.1) is 5.10 Å². The lowest BCUT2D eigenvalue weighted by Crippen LogP contribution is -2.66. The molecule has 6 heterocycles. The second kappa shape index (κ2) is 46.9. The van der Waals surface area contributed by atoms with Gasteiger partial charge in [-0.1, -0.05) is 45.0 Å². The molecule has 0 aliphatic carbocycles. The van der Waals surface area contributed by atoms with Crippen LogP contribution in [0.5, 0.6) is 5.75 Å². The molecule has 5 fully saturated rings.